The van der Waals surface area contributed by atoms with Gasteiger partial charge in [-0.25, -0.2) is 9.37 Å². The number of ether oxygens (including phenoxy) is 2. The lowest BCUT2D eigenvalue weighted by Crippen LogP contribution is -2.41. The largest absolute Gasteiger partial charge is 0.459 e. The minimum Gasteiger partial charge on any atom is -0.459 e. The number of aliphatic hydroxyl groups is 1. The second-order valence-electron chi connectivity index (χ2n) is 6.59. The van der Waals surface area contributed by atoms with E-state index in [1.54, 1.807) is 13.8 Å². The van der Waals surface area contributed by atoms with Gasteiger partial charge in [-0.15, -0.1) is 0 Å². The molecule has 1 aliphatic rings. The number of alkyl halides is 1. The number of H-pyrrole nitrogens is 1. The predicted molar refractivity (Wildman–Crippen MR) is 87.6 cm³/mol. The van der Waals surface area contributed by atoms with Crippen LogP contribution >= 0.6 is 0 Å². The van der Waals surface area contributed by atoms with Crippen molar-refractivity contribution in [2.45, 2.75) is 38.3 Å². The van der Waals surface area contributed by atoms with Crippen LogP contribution < -0.4 is 11.3 Å². The molecule has 0 aliphatic carbocycles. The number of fused-ring (bicyclic) bond motifs is 1. The van der Waals surface area contributed by atoms with Gasteiger partial charge in [0.1, 0.15) is 0 Å². The highest BCUT2D eigenvalue weighted by Crippen LogP contribution is 2.43. The van der Waals surface area contributed by atoms with Crippen molar-refractivity contribution in [2.75, 3.05) is 18.9 Å². The number of rotatable bonds is 5. The van der Waals surface area contributed by atoms with E-state index in [1.807, 2.05) is 0 Å². The number of hydrogen-bond donors (Lipinski definition) is 3. The van der Waals surface area contributed by atoms with Gasteiger partial charge >= 0.3 is 5.97 Å². The Hall–Kier alpha value is -2.53. The van der Waals surface area contributed by atoms with E-state index in [1.165, 1.54) is 10.9 Å². The number of hydrogen-bond acceptors (Lipinski definition) is 8. The third kappa shape index (κ3) is 3.03. The number of anilines is 1. The van der Waals surface area contributed by atoms with Crippen LogP contribution in [0.25, 0.3) is 11.2 Å². The van der Waals surface area contributed by atoms with Crippen LogP contribution in [-0.4, -0.2) is 49.7 Å². The number of nitrogen functional groups attached to an aromatic ring is 1. The lowest BCUT2D eigenvalue weighted by atomic mass is 10.1. The molecule has 0 radical (unpaired) electrons. The summed E-state index contributed by atoms with van der Waals surface area (Å²) in [7, 11) is 0. The maximum Gasteiger partial charge on any atom is 0.308 e. The Bertz CT molecular complexity index is 896. The van der Waals surface area contributed by atoms with E-state index in [4.69, 9.17) is 15.2 Å². The molecule has 142 valence electrons. The quantitative estimate of drug-likeness (QED) is 0.626. The van der Waals surface area contributed by atoms with Crippen LogP contribution in [0.1, 0.15) is 26.7 Å². The van der Waals surface area contributed by atoms with E-state index in [0.29, 0.717) is 0 Å². The number of imidazole rings is 1. The van der Waals surface area contributed by atoms with Gasteiger partial charge in [0.05, 0.1) is 18.9 Å². The van der Waals surface area contributed by atoms with Crippen molar-refractivity contribution in [3.05, 3.63) is 16.7 Å². The first-order valence-electron chi connectivity index (χ1n) is 8.10. The SMILES string of the molecule is CC(C)C(=O)OC[C@]1(F)CC[C@](CO)(n2cnc3c(=O)[nH]c(N)nc32)O1. The van der Waals surface area contributed by atoms with Crippen molar-refractivity contribution in [1.29, 1.82) is 0 Å². The van der Waals surface area contributed by atoms with E-state index in [9.17, 15) is 14.7 Å². The van der Waals surface area contributed by atoms with E-state index in [0.717, 1.165) is 0 Å². The van der Waals surface area contributed by atoms with Gasteiger partial charge in [0.25, 0.3) is 5.56 Å². The second-order valence-corrected chi connectivity index (χ2v) is 6.59. The van der Waals surface area contributed by atoms with Gasteiger partial charge in [0.15, 0.2) is 23.5 Å². The molecule has 1 aliphatic heterocycles. The first-order valence-corrected chi connectivity index (χ1v) is 8.10. The number of nitrogens with one attached hydrogen (secondary N) is 1. The first-order chi connectivity index (χ1) is 12.2. The van der Waals surface area contributed by atoms with Crippen molar-refractivity contribution >= 4 is 23.1 Å². The Morgan fingerprint density at radius 2 is 2.31 bits per heavy atom. The normalized spacial score (nSPS) is 25.9. The number of halogens is 1. The van der Waals surface area contributed by atoms with Crippen molar-refractivity contribution in [1.82, 2.24) is 19.5 Å². The molecule has 0 saturated carbocycles. The van der Waals surface area contributed by atoms with Gasteiger partial charge in [-0.3, -0.25) is 19.1 Å². The van der Waals surface area contributed by atoms with Crippen molar-refractivity contribution in [3.8, 4) is 0 Å². The van der Waals surface area contributed by atoms with Crippen molar-refractivity contribution in [2.24, 2.45) is 5.92 Å². The van der Waals surface area contributed by atoms with Crippen molar-refractivity contribution < 1.29 is 23.8 Å². The summed E-state index contributed by atoms with van der Waals surface area (Å²) in [5, 5.41) is 9.89. The Kier molecular flexibility index (Phi) is 4.44. The standard InChI is InChI=1S/C15H20FN5O5/c1-8(2)12(24)25-6-14(16)3-4-15(5-22,26-14)21-7-18-9-10(21)19-13(17)20-11(9)23/h7-8,22H,3-6H2,1-2H3,(H3,17,19,20,23)/t14-,15-/m0/s1. The Labute approximate surface area is 147 Å². The molecule has 4 N–H and O–H groups in total. The molecule has 0 bridgehead atoms. The summed E-state index contributed by atoms with van der Waals surface area (Å²) in [4.78, 5) is 33.7. The predicted octanol–water partition coefficient (Wildman–Crippen LogP) is 0.0223. The highest BCUT2D eigenvalue weighted by molar-refractivity contribution is 5.71. The summed E-state index contributed by atoms with van der Waals surface area (Å²) < 4.78 is 26.7. The third-order valence-electron chi connectivity index (χ3n) is 4.27. The number of carbonyl (C=O) groups is 1. The number of aromatic amines is 1. The number of carbonyl (C=O) groups excluding carboxylic acids is 1. The minimum atomic E-state index is -2.28. The molecule has 2 aromatic rings. The van der Waals surface area contributed by atoms with Gasteiger partial charge < -0.3 is 20.3 Å². The molecule has 1 fully saturated rings. The molecule has 0 spiro atoms. The minimum absolute atomic E-state index is 0.0155. The van der Waals surface area contributed by atoms with Gasteiger partial charge in [0, 0.05) is 12.8 Å². The molecule has 0 aromatic carbocycles. The number of esters is 1. The Morgan fingerprint density at radius 3 is 2.96 bits per heavy atom. The summed E-state index contributed by atoms with van der Waals surface area (Å²) in [6.45, 7) is 2.06. The van der Waals surface area contributed by atoms with Crippen LogP contribution in [0.5, 0.6) is 0 Å². The highest BCUT2D eigenvalue weighted by atomic mass is 19.2. The van der Waals surface area contributed by atoms with Crippen LogP contribution in [0.2, 0.25) is 0 Å². The molecule has 3 rings (SSSR count). The van der Waals surface area contributed by atoms with Crippen LogP contribution in [-0.2, 0) is 20.0 Å². The second kappa shape index (κ2) is 6.32. The first kappa shape index (κ1) is 18.3. The molecule has 2 aromatic heterocycles. The molecule has 10 nitrogen and oxygen atoms in total. The number of aromatic nitrogens is 4. The average molecular weight is 369 g/mol. The Balaban J connectivity index is 1.92. The zero-order valence-electron chi connectivity index (χ0n) is 14.4. The fourth-order valence-electron chi connectivity index (χ4n) is 2.85. The molecule has 0 amide bonds. The van der Waals surface area contributed by atoms with E-state index in [2.05, 4.69) is 15.0 Å². The van der Waals surface area contributed by atoms with Crippen LogP contribution in [0, 0.1) is 5.92 Å². The molecule has 3 heterocycles. The summed E-state index contributed by atoms with van der Waals surface area (Å²) in [6.07, 6.45) is 1.16. The van der Waals surface area contributed by atoms with Gasteiger partial charge in [0.2, 0.25) is 11.8 Å². The van der Waals surface area contributed by atoms with Crippen LogP contribution in [0.15, 0.2) is 11.1 Å². The van der Waals surface area contributed by atoms with Gasteiger partial charge in [-0.2, -0.15) is 4.98 Å². The van der Waals surface area contributed by atoms with Crippen LogP contribution in [0.4, 0.5) is 10.3 Å². The molecule has 1 saturated heterocycles. The lowest BCUT2D eigenvalue weighted by Gasteiger charge is -2.30. The maximum atomic E-state index is 15.0. The average Bonchev–Trinajstić information content (AvgIpc) is 3.15. The molecule has 11 heteroatoms. The monoisotopic (exact) mass is 369 g/mol. The maximum absolute atomic E-state index is 15.0. The molecule has 26 heavy (non-hydrogen) atoms. The number of nitrogens with zero attached hydrogens (tertiary/aromatic N) is 3. The molecule has 0 unspecified atom stereocenters. The van der Waals surface area contributed by atoms with Gasteiger partial charge in [-0.1, -0.05) is 13.8 Å². The topological polar surface area (TPSA) is 145 Å². The van der Waals surface area contributed by atoms with E-state index >= 15 is 4.39 Å². The summed E-state index contributed by atoms with van der Waals surface area (Å²) in [5.74, 6) is -3.38. The van der Waals surface area contributed by atoms with E-state index < -0.39 is 42.2 Å². The summed E-state index contributed by atoms with van der Waals surface area (Å²) in [6, 6.07) is 0. The molecular weight excluding hydrogens is 349 g/mol. The molecule has 2 atom stereocenters. The zero-order valence-corrected chi connectivity index (χ0v) is 14.4. The lowest BCUT2D eigenvalue weighted by molar-refractivity contribution is -0.239. The fourth-order valence-corrected chi connectivity index (χ4v) is 2.85. The zero-order chi connectivity index (χ0) is 19.1. The Morgan fingerprint density at radius 1 is 1.58 bits per heavy atom. The fraction of sp³-hybridized carbons (Fsp3) is 0.600. The smallest absolute Gasteiger partial charge is 0.308 e. The summed E-state index contributed by atoms with van der Waals surface area (Å²) >= 11 is 0. The van der Waals surface area contributed by atoms with E-state index in [-0.39, 0.29) is 30.0 Å². The summed E-state index contributed by atoms with van der Waals surface area (Å²) in [5.41, 5.74) is 3.50. The number of nitrogens with two attached hydrogens (primary N) is 1. The molecular formula is C15H20FN5O5. The van der Waals surface area contributed by atoms with Crippen molar-refractivity contribution in [3.63, 3.8) is 0 Å². The van der Waals surface area contributed by atoms with Gasteiger partial charge in [-0.05, 0) is 0 Å². The third-order valence-corrected chi connectivity index (χ3v) is 4.27. The number of aliphatic hydroxyl groups excluding tert-OH is 1. The van der Waals surface area contributed by atoms with Crippen LogP contribution in [0.3, 0.4) is 0 Å². The highest BCUT2D eigenvalue weighted by Gasteiger charge is 2.52.